The molecule has 2 N–H and O–H groups in total. The second-order valence-electron chi connectivity index (χ2n) is 5.35. The predicted octanol–water partition coefficient (Wildman–Crippen LogP) is 1.88. The van der Waals surface area contributed by atoms with E-state index in [-0.39, 0.29) is 6.61 Å². The lowest BCUT2D eigenvalue weighted by atomic mass is 9.91. The summed E-state index contributed by atoms with van der Waals surface area (Å²) >= 11 is 0. The molecule has 118 valence electrons. The molecule has 0 aliphatic rings. The lowest BCUT2D eigenvalue weighted by Crippen LogP contribution is -2.51. The first kappa shape index (κ1) is 17.6. The summed E-state index contributed by atoms with van der Waals surface area (Å²) in [6.45, 7) is 5.72. The topological polar surface area (TPSA) is 67.8 Å². The molecule has 5 nitrogen and oxygen atoms in total. The van der Waals surface area contributed by atoms with Gasteiger partial charge in [-0.3, -0.25) is 5.32 Å². The van der Waals surface area contributed by atoms with E-state index in [0.717, 1.165) is 0 Å². The molecule has 1 atom stereocenters. The third-order valence-corrected chi connectivity index (χ3v) is 3.20. The summed E-state index contributed by atoms with van der Waals surface area (Å²) in [5, 5.41) is 12.5. The molecule has 0 fully saturated rings. The average Bonchev–Trinajstić information content (AvgIpc) is 2.47. The van der Waals surface area contributed by atoms with E-state index in [1.165, 1.54) is 0 Å². The van der Waals surface area contributed by atoms with Gasteiger partial charge in [0.1, 0.15) is 0 Å². The highest BCUT2D eigenvalue weighted by Crippen LogP contribution is 2.21. The Morgan fingerprint density at radius 3 is 2.38 bits per heavy atom. The highest BCUT2D eigenvalue weighted by Gasteiger charge is 2.39. The number of likely N-dealkylation sites (N-methyl/N-ethyl adjacent to an activating group) is 1. The van der Waals surface area contributed by atoms with E-state index in [4.69, 9.17) is 9.47 Å². The van der Waals surface area contributed by atoms with Crippen LogP contribution in [0.5, 0.6) is 0 Å². The van der Waals surface area contributed by atoms with Gasteiger partial charge in [0.15, 0.2) is 5.54 Å². The molecule has 0 aromatic heterocycles. The molecule has 0 aliphatic heterocycles. The first-order valence-corrected chi connectivity index (χ1v) is 7.16. The fourth-order valence-electron chi connectivity index (χ4n) is 1.98. The highest BCUT2D eigenvalue weighted by molar-refractivity contribution is 5.81. The number of hydrogen-bond acceptors (Lipinski definition) is 4. The fourth-order valence-corrected chi connectivity index (χ4v) is 1.98. The van der Waals surface area contributed by atoms with Crippen molar-refractivity contribution in [2.45, 2.75) is 19.4 Å². The van der Waals surface area contributed by atoms with E-state index in [0.29, 0.717) is 31.3 Å². The van der Waals surface area contributed by atoms with Crippen LogP contribution in [0.15, 0.2) is 30.3 Å². The number of carbonyl (C=O) groups is 1. The number of nitrogens with one attached hydrogen (secondary N) is 1. The Morgan fingerprint density at radius 1 is 1.24 bits per heavy atom. The summed E-state index contributed by atoms with van der Waals surface area (Å²) in [6, 6.07) is 9.05. The summed E-state index contributed by atoms with van der Waals surface area (Å²) in [7, 11) is 1.62. The molecule has 0 aliphatic carbocycles. The number of aliphatic carboxylic acids is 1. The summed E-state index contributed by atoms with van der Waals surface area (Å²) in [5.41, 5.74) is -0.567. The van der Waals surface area contributed by atoms with Crippen molar-refractivity contribution < 1.29 is 19.4 Å². The molecule has 21 heavy (non-hydrogen) atoms. The van der Waals surface area contributed by atoms with E-state index in [2.05, 4.69) is 19.2 Å². The van der Waals surface area contributed by atoms with Crippen LogP contribution < -0.4 is 5.32 Å². The minimum absolute atomic E-state index is 0.0495. The van der Waals surface area contributed by atoms with Crippen molar-refractivity contribution in [3.8, 4) is 0 Å². The van der Waals surface area contributed by atoms with E-state index in [1.54, 1.807) is 19.2 Å². The van der Waals surface area contributed by atoms with Crippen LogP contribution in [-0.2, 0) is 19.8 Å². The van der Waals surface area contributed by atoms with Crippen molar-refractivity contribution in [1.29, 1.82) is 0 Å². The molecule has 5 heteroatoms. The third-order valence-electron chi connectivity index (χ3n) is 3.20. The highest BCUT2D eigenvalue weighted by atomic mass is 16.5. The smallest absolute Gasteiger partial charge is 0.330 e. The van der Waals surface area contributed by atoms with E-state index < -0.39 is 11.5 Å². The van der Waals surface area contributed by atoms with Gasteiger partial charge in [0.25, 0.3) is 0 Å². The second-order valence-corrected chi connectivity index (χ2v) is 5.35. The normalized spacial score (nSPS) is 14.1. The summed E-state index contributed by atoms with van der Waals surface area (Å²) in [5.74, 6) is -0.482. The monoisotopic (exact) mass is 295 g/mol. The second kappa shape index (κ2) is 8.77. The van der Waals surface area contributed by atoms with Crippen molar-refractivity contribution >= 4 is 5.97 Å². The molecule has 0 heterocycles. The molecule has 1 unspecified atom stereocenters. The van der Waals surface area contributed by atoms with Crippen LogP contribution in [0.4, 0.5) is 0 Å². The fraction of sp³-hybridized carbons (Fsp3) is 0.562. The van der Waals surface area contributed by atoms with Crippen molar-refractivity contribution in [3.63, 3.8) is 0 Å². The summed E-state index contributed by atoms with van der Waals surface area (Å²) in [4.78, 5) is 11.7. The van der Waals surface area contributed by atoms with Crippen molar-refractivity contribution in [3.05, 3.63) is 35.9 Å². The zero-order chi connectivity index (χ0) is 15.7. The molecule has 1 rings (SSSR count). The number of hydrogen-bond donors (Lipinski definition) is 2. The maximum absolute atomic E-state index is 11.7. The molecule has 0 saturated carbocycles. The third kappa shape index (κ3) is 5.12. The zero-order valence-electron chi connectivity index (χ0n) is 13.0. The Balaban J connectivity index is 2.58. The van der Waals surface area contributed by atoms with Crippen LogP contribution in [0, 0.1) is 5.92 Å². The van der Waals surface area contributed by atoms with Crippen molar-refractivity contribution in [2.75, 3.05) is 33.5 Å². The largest absolute Gasteiger partial charge is 0.480 e. The molecule has 0 spiro atoms. The van der Waals surface area contributed by atoms with Crippen molar-refractivity contribution in [2.24, 2.45) is 5.92 Å². The van der Waals surface area contributed by atoms with Gasteiger partial charge < -0.3 is 14.6 Å². The van der Waals surface area contributed by atoms with Crippen LogP contribution >= 0.6 is 0 Å². The van der Waals surface area contributed by atoms with Gasteiger partial charge in [-0.2, -0.15) is 0 Å². The van der Waals surface area contributed by atoms with Crippen molar-refractivity contribution in [1.82, 2.24) is 5.32 Å². The quantitative estimate of drug-likeness (QED) is 0.645. The Labute approximate surface area is 126 Å². The molecular weight excluding hydrogens is 270 g/mol. The number of rotatable bonds is 10. The van der Waals surface area contributed by atoms with Gasteiger partial charge in [0.05, 0.1) is 19.8 Å². The van der Waals surface area contributed by atoms with Gasteiger partial charge in [-0.25, -0.2) is 4.79 Å². The SMILES string of the molecule is CNC(COCCOCC(C)C)(C(=O)O)c1ccccc1. The summed E-state index contributed by atoms with van der Waals surface area (Å²) in [6.07, 6.45) is 0. The molecule has 0 radical (unpaired) electrons. The molecular formula is C16H25NO4. The Morgan fingerprint density at radius 2 is 1.86 bits per heavy atom. The van der Waals surface area contributed by atoms with Crippen LogP contribution in [-0.4, -0.2) is 44.6 Å². The lowest BCUT2D eigenvalue weighted by Gasteiger charge is -2.29. The van der Waals surface area contributed by atoms with Crippen LogP contribution in [0.1, 0.15) is 19.4 Å². The van der Waals surface area contributed by atoms with Gasteiger partial charge in [-0.05, 0) is 18.5 Å². The van der Waals surface area contributed by atoms with E-state index >= 15 is 0 Å². The van der Waals surface area contributed by atoms with Gasteiger partial charge in [0, 0.05) is 6.61 Å². The zero-order valence-corrected chi connectivity index (χ0v) is 13.0. The van der Waals surface area contributed by atoms with Crippen LogP contribution in [0.2, 0.25) is 0 Å². The molecule has 0 saturated heterocycles. The van der Waals surface area contributed by atoms with Gasteiger partial charge >= 0.3 is 5.97 Å². The number of carboxylic acid groups (broad SMARTS) is 1. The minimum Gasteiger partial charge on any atom is -0.480 e. The Hall–Kier alpha value is -1.43. The number of carboxylic acids is 1. The maximum Gasteiger partial charge on any atom is 0.330 e. The van der Waals surface area contributed by atoms with Gasteiger partial charge in [-0.1, -0.05) is 44.2 Å². The van der Waals surface area contributed by atoms with Gasteiger partial charge in [-0.15, -0.1) is 0 Å². The number of ether oxygens (including phenoxy) is 2. The van der Waals surface area contributed by atoms with Gasteiger partial charge in [0.2, 0.25) is 0 Å². The molecule has 0 amide bonds. The van der Waals surface area contributed by atoms with E-state index in [1.807, 2.05) is 18.2 Å². The van der Waals surface area contributed by atoms with Crippen LogP contribution in [0.3, 0.4) is 0 Å². The number of benzene rings is 1. The maximum atomic E-state index is 11.7. The first-order chi connectivity index (χ1) is 10.0. The Kier molecular flexibility index (Phi) is 7.36. The predicted molar refractivity (Wildman–Crippen MR) is 81.3 cm³/mol. The van der Waals surface area contributed by atoms with E-state index in [9.17, 15) is 9.90 Å². The standard InChI is InChI=1S/C16H25NO4/c1-13(2)11-20-9-10-21-12-16(17-3,15(18)19)14-7-5-4-6-8-14/h4-8,13,17H,9-12H2,1-3H3,(H,18,19). The molecule has 1 aromatic carbocycles. The average molecular weight is 295 g/mol. The molecule has 0 bridgehead atoms. The lowest BCUT2D eigenvalue weighted by molar-refractivity contribution is -0.148. The molecule has 1 aromatic rings. The Bertz CT molecular complexity index is 422. The minimum atomic E-state index is -1.24. The first-order valence-electron chi connectivity index (χ1n) is 7.16. The summed E-state index contributed by atoms with van der Waals surface area (Å²) < 4.78 is 10.9. The van der Waals surface area contributed by atoms with Crippen LogP contribution in [0.25, 0.3) is 0 Å².